The van der Waals surface area contributed by atoms with Crippen molar-refractivity contribution in [2.24, 2.45) is 5.92 Å². The van der Waals surface area contributed by atoms with E-state index in [1.165, 1.54) is 5.06 Å². The Morgan fingerprint density at radius 1 is 1.22 bits per heavy atom. The summed E-state index contributed by atoms with van der Waals surface area (Å²) in [6.07, 6.45) is 0.151. The highest BCUT2D eigenvalue weighted by molar-refractivity contribution is 6.99. The first-order valence-electron chi connectivity index (χ1n) is 9.33. The van der Waals surface area contributed by atoms with Crippen molar-refractivity contribution in [3.05, 3.63) is 0 Å². The smallest absolute Gasteiger partial charge is 0.291 e. The summed E-state index contributed by atoms with van der Waals surface area (Å²) >= 11 is 1.01. The number of hydrogen-bond acceptors (Lipinski definition) is 9. The van der Waals surface area contributed by atoms with Gasteiger partial charge in [-0.2, -0.15) is 5.06 Å². The normalized spacial score (nSPS) is 23.4. The van der Waals surface area contributed by atoms with Crippen molar-refractivity contribution in [1.29, 1.82) is 0 Å². The fourth-order valence-corrected chi connectivity index (χ4v) is 3.79. The standard InChI is InChI=1S/C18H34N4O4S/c1-16(2,3)19-9-13(23)11-26-15-14(20-27-21-15)25-10-12-8-17(4,5)22(24)18(12,6)7/h12-13,19,23-24H,8-11H2,1-7H3/t12?,13-/m0/s1. The quantitative estimate of drug-likeness (QED) is 0.609. The Morgan fingerprint density at radius 3 is 2.33 bits per heavy atom. The lowest BCUT2D eigenvalue weighted by atomic mass is 9.88. The summed E-state index contributed by atoms with van der Waals surface area (Å²) in [6.45, 7) is 15.1. The second kappa shape index (κ2) is 8.16. The van der Waals surface area contributed by atoms with Crippen LogP contribution in [-0.2, 0) is 0 Å². The van der Waals surface area contributed by atoms with Crippen LogP contribution >= 0.6 is 11.7 Å². The summed E-state index contributed by atoms with van der Waals surface area (Å²) in [5, 5.41) is 25.1. The first kappa shape index (κ1) is 22.3. The maximum absolute atomic E-state index is 10.4. The van der Waals surface area contributed by atoms with Gasteiger partial charge in [0, 0.05) is 29.1 Å². The molecule has 8 nitrogen and oxygen atoms in total. The molecule has 1 aliphatic heterocycles. The van der Waals surface area contributed by atoms with Gasteiger partial charge in [-0.1, -0.05) is 0 Å². The lowest BCUT2D eigenvalue weighted by Crippen LogP contribution is -2.48. The van der Waals surface area contributed by atoms with Crippen LogP contribution in [-0.4, -0.2) is 66.6 Å². The molecule has 2 atom stereocenters. The molecule has 2 rings (SSSR count). The molecule has 3 N–H and O–H groups in total. The molecule has 2 heterocycles. The predicted octanol–water partition coefficient (Wildman–Crippen LogP) is 2.31. The van der Waals surface area contributed by atoms with Crippen LogP contribution < -0.4 is 14.8 Å². The first-order valence-corrected chi connectivity index (χ1v) is 10.1. The average molecular weight is 403 g/mol. The van der Waals surface area contributed by atoms with Gasteiger partial charge in [-0.25, -0.2) is 0 Å². The van der Waals surface area contributed by atoms with Crippen LogP contribution in [0.3, 0.4) is 0 Å². The van der Waals surface area contributed by atoms with Gasteiger partial charge in [-0.05, 0) is 54.9 Å². The largest absolute Gasteiger partial charge is 0.473 e. The number of aliphatic hydroxyl groups excluding tert-OH is 1. The van der Waals surface area contributed by atoms with Crippen LogP contribution in [0.4, 0.5) is 0 Å². The third-order valence-electron chi connectivity index (χ3n) is 5.00. The lowest BCUT2D eigenvalue weighted by molar-refractivity contribution is -0.197. The maximum Gasteiger partial charge on any atom is 0.291 e. The van der Waals surface area contributed by atoms with E-state index in [9.17, 15) is 10.3 Å². The van der Waals surface area contributed by atoms with E-state index in [1.807, 2.05) is 48.5 Å². The summed E-state index contributed by atoms with van der Waals surface area (Å²) in [5.41, 5.74) is -0.774. The van der Waals surface area contributed by atoms with Crippen molar-refractivity contribution < 1.29 is 19.8 Å². The van der Waals surface area contributed by atoms with E-state index in [4.69, 9.17) is 9.47 Å². The second-order valence-corrected chi connectivity index (χ2v) is 9.99. The molecule has 156 valence electrons. The summed E-state index contributed by atoms with van der Waals surface area (Å²) < 4.78 is 19.7. The first-order chi connectivity index (χ1) is 12.3. The molecular formula is C18H34N4O4S. The van der Waals surface area contributed by atoms with Gasteiger partial charge in [0.25, 0.3) is 11.8 Å². The van der Waals surface area contributed by atoms with Gasteiger partial charge in [-0.3, -0.25) is 0 Å². The molecule has 0 aliphatic carbocycles. The molecule has 0 bridgehead atoms. The van der Waals surface area contributed by atoms with Gasteiger partial charge >= 0.3 is 0 Å². The Kier molecular flexibility index (Phi) is 6.74. The van der Waals surface area contributed by atoms with E-state index in [-0.39, 0.29) is 23.6 Å². The molecular weight excluding hydrogens is 368 g/mol. The minimum atomic E-state index is -0.656. The molecule has 0 spiro atoms. The van der Waals surface area contributed by atoms with Crippen molar-refractivity contribution in [2.45, 2.75) is 77.6 Å². The molecule has 1 aromatic heterocycles. The van der Waals surface area contributed by atoms with Crippen molar-refractivity contribution in [3.63, 3.8) is 0 Å². The predicted molar refractivity (Wildman–Crippen MR) is 105 cm³/mol. The van der Waals surface area contributed by atoms with Gasteiger partial charge in [0.2, 0.25) is 0 Å². The summed E-state index contributed by atoms with van der Waals surface area (Å²) in [4.78, 5) is 0. The Morgan fingerprint density at radius 2 is 1.81 bits per heavy atom. The molecule has 1 aliphatic rings. The SMILES string of the molecule is CC(C)(C)NC[C@H](O)COc1nsnc1OCC1CC(C)(C)N(O)C1(C)C. The van der Waals surface area contributed by atoms with Crippen molar-refractivity contribution >= 4 is 11.7 Å². The van der Waals surface area contributed by atoms with Crippen LogP contribution in [0, 0.1) is 5.92 Å². The molecule has 0 saturated carbocycles. The number of hydrogen-bond donors (Lipinski definition) is 3. The van der Waals surface area contributed by atoms with Crippen LogP contribution in [0.25, 0.3) is 0 Å². The van der Waals surface area contributed by atoms with Gasteiger partial charge < -0.3 is 25.1 Å². The number of nitrogens with zero attached hydrogens (tertiary/aromatic N) is 3. The monoisotopic (exact) mass is 402 g/mol. The van der Waals surface area contributed by atoms with Crippen LogP contribution in [0.15, 0.2) is 0 Å². The van der Waals surface area contributed by atoms with E-state index in [1.54, 1.807) is 0 Å². The highest BCUT2D eigenvalue weighted by Gasteiger charge is 2.51. The van der Waals surface area contributed by atoms with Crippen LogP contribution in [0.2, 0.25) is 0 Å². The fourth-order valence-electron chi connectivity index (χ4n) is 3.34. The summed E-state index contributed by atoms with van der Waals surface area (Å²) in [5.74, 6) is 0.764. The van der Waals surface area contributed by atoms with Gasteiger partial charge in [0.1, 0.15) is 12.7 Å². The number of ether oxygens (including phenoxy) is 2. The number of β-amino-alcohol motifs (C(OH)–C–C–N with tert-alkyl or cyclic N) is 1. The molecule has 1 saturated heterocycles. The Labute approximate surface area is 166 Å². The number of rotatable bonds is 8. The van der Waals surface area contributed by atoms with E-state index in [0.29, 0.717) is 24.9 Å². The Hall–Kier alpha value is -1.00. The van der Waals surface area contributed by atoms with Gasteiger partial charge in [0.05, 0.1) is 18.3 Å². The molecule has 0 radical (unpaired) electrons. The number of aromatic nitrogens is 2. The van der Waals surface area contributed by atoms with E-state index < -0.39 is 11.6 Å². The van der Waals surface area contributed by atoms with E-state index in [0.717, 1.165) is 18.1 Å². The minimum absolute atomic E-state index is 0.0696. The van der Waals surface area contributed by atoms with E-state index >= 15 is 0 Å². The molecule has 27 heavy (non-hydrogen) atoms. The minimum Gasteiger partial charge on any atom is -0.473 e. The second-order valence-electron chi connectivity index (χ2n) is 9.46. The number of aliphatic hydroxyl groups is 1. The Balaban J connectivity index is 1.87. The maximum atomic E-state index is 10.4. The summed E-state index contributed by atoms with van der Waals surface area (Å²) in [7, 11) is 0. The van der Waals surface area contributed by atoms with Crippen molar-refractivity contribution in [2.75, 3.05) is 19.8 Å². The van der Waals surface area contributed by atoms with Crippen LogP contribution in [0.5, 0.6) is 11.8 Å². The third kappa shape index (κ3) is 5.74. The van der Waals surface area contributed by atoms with Crippen LogP contribution in [0.1, 0.15) is 54.9 Å². The average Bonchev–Trinajstić information content (AvgIpc) is 3.05. The molecule has 1 unspecified atom stereocenters. The lowest BCUT2D eigenvalue weighted by Gasteiger charge is -2.35. The number of hydroxylamine groups is 2. The molecule has 9 heteroatoms. The zero-order chi connectivity index (χ0) is 20.5. The molecule has 1 fully saturated rings. The van der Waals surface area contributed by atoms with E-state index in [2.05, 4.69) is 14.1 Å². The topological polar surface area (TPSA) is 100.0 Å². The molecule has 0 aromatic carbocycles. The third-order valence-corrected chi connectivity index (χ3v) is 5.49. The highest BCUT2D eigenvalue weighted by Crippen LogP contribution is 2.43. The van der Waals surface area contributed by atoms with Crippen molar-refractivity contribution in [3.8, 4) is 11.8 Å². The fraction of sp³-hybridized carbons (Fsp3) is 0.889. The molecule has 0 amide bonds. The van der Waals surface area contributed by atoms with Crippen molar-refractivity contribution in [1.82, 2.24) is 19.1 Å². The zero-order valence-electron chi connectivity index (χ0n) is 17.4. The Bertz CT molecular complexity index is 615. The zero-order valence-corrected chi connectivity index (χ0v) is 18.3. The summed E-state index contributed by atoms with van der Waals surface area (Å²) in [6, 6.07) is 0. The highest BCUT2D eigenvalue weighted by atomic mass is 32.1. The molecule has 1 aromatic rings. The number of nitrogens with one attached hydrogen (secondary N) is 1. The van der Waals surface area contributed by atoms with Gasteiger partial charge in [-0.15, -0.1) is 8.75 Å². The van der Waals surface area contributed by atoms with Gasteiger partial charge in [0.15, 0.2) is 0 Å².